The van der Waals surface area contributed by atoms with E-state index in [0.29, 0.717) is 12.6 Å². The van der Waals surface area contributed by atoms with Gasteiger partial charge in [-0.15, -0.1) is 0 Å². The molecule has 1 aromatic heterocycles. The van der Waals surface area contributed by atoms with Crippen molar-refractivity contribution in [2.75, 3.05) is 13.7 Å². The number of aryl methyl sites for hydroxylation is 1. The molecule has 1 saturated carbocycles. The summed E-state index contributed by atoms with van der Waals surface area (Å²) < 4.78 is 13.2. The second-order valence-electron chi connectivity index (χ2n) is 7.24. The quantitative estimate of drug-likeness (QED) is 0.639. The van der Waals surface area contributed by atoms with Gasteiger partial charge >= 0.3 is 0 Å². The summed E-state index contributed by atoms with van der Waals surface area (Å²) in [5, 5.41) is 4.29. The maximum absolute atomic E-state index is 5.83. The van der Waals surface area contributed by atoms with Crippen LogP contribution in [0.1, 0.15) is 37.8 Å². The molecule has 3 rings (SSSR count). The van der Waals surface area contributed by atoms with Crippen molar-refractivity contribution in [2.45, 2.75) is 45.8 Å². The number of nitrogens with zero attached hydrogens (tertiary/aromatic N) is 3. The topological polar surface area (TPSA) is 39.5 Å². The number of methoxy groups -OCH3 is 1. The van der Waals surface area contributed by atoms with E-state index in [1.54, 1.807) is 7.11 Å². The van der Waals surface area contributed by atoms with Gasteiger partial charge in [-0.05, 0) is 50.5 Å². The minimum Gasteiger partial charge on any atom is -0.493 e. The Balaban J connectivity index is 1.68. The summed E-state index contributed by atoms with van der Waals surface area (Å²) in [4.78, 5) is 2.52. The molecule has 5 nitrogen and oxygen atoms in total. The lowest BCUT2D eigenvalue weighted by Crippen LogP contribution is -2.24. The van der Waals surface area contributed by atoms with Crippen LogP contribution in [0.2, 0.25) is 0 Å². The fourth-order valence-corrected chi connectivity index (χ4v) is 3.00. The van der Waals surface area contributed by atoms with E-state index in [2.05, 4.69) is 48.3 Å². The molecule has 0 saturated heterocycles. The van der Waals surface area contributed by atoms with E-state index in [-0.39, 0.29) is 0 Å². The zero-order chi connectivity index (χ0) is 18.5. The molecule has 1 aliphatic carbocycles. The third kappa shape index (κ3) is 5.11. The number of rotatable bonds is 9. The van der Waals surface area contributed by atoms with Crippen molar-refractivity contribution in [1.29, 1.82) is 0 Å². The average molecular weight is 355 g/mol. The summed E-state index contributed by atoms with van der Waals surface area (Å²) in [6, 6.07) is 6.92. The molecule has 1 aromatic carbocycles. The van der Waals surface area contributed by atoms with Gasteiger partial charge in [0.15, 0.2) is 11.5 Å². The molecule has 1 aliphatic rings. The van der Waals surface area contributed by atoms with Crippen molar-refractivity contribution in [3.8, 4) is 11.5 Å². The molecular formula is C21H29N3O2. The lowest BCUT2D eigenvalue weighted by atomic mass is 10.1. The first-order valence-electron chi connectivity index (χ1n) is 9.20. The monoisotopic (exact) mass is 355 g/mol. The number of aromatic nitrogens is 2. The maximum Gasteiger partial charge on any atom is 0.161 e. The standard InChI is InChI=1S/C21H29N3O2/c1-16(2)9-10-26-20-8-5-17(11-21(20)25-4)14-24(19-6-7-19)15-18-12-22-23(3)13-18/h5,8-9,11-13,19H,6-7,10,14-15H2,1-4H3. The van der Waals surface area contributed by atoms with E-state index < -0.39 is 0 Å². The first kappa shape index (κ1) is 18.5. The molecule has 26 heavy (non-hydrogen) atoms. The van der Waals surface area contributed by atoms with Gasteiger partial charge in [0.2, 0.25) is 0 Å². The third-order valence-corrected chi connectivity index (χ3v) is 4.55. The number of benzene rings is 1. The minimum atomic E-state index is 0.563. The molecule has 1 heterocycles. The van der Waals surface area contributed by atoms with Crippen LogP contribution in [0.5, 0.6) is 11.5 Å². The predicted molar refractivity (Wildman–Crippen MR) is 103 cm³/mol. The normalized spacial score (nSPS) is 13.7. The number of hydrogen-bond donors (Lipinski definition) is 0. The van der Waals surface area contributed by atoms with E-state index in [4.69, 9.17) is 9.47 Å². The highest BCUT2D eigenvalue weighted by atomic mass is 16.5. The Labute approximate surface area is 156 Å². The van der Waals surface area contributed by atoms with Crippen molar-refractivity contribution in [3.05, 3.63) is 53.4 Å². The molecule has 0 radical (unpaired) electrons. The van der Waals surface area contributed by atoms with Gasteiger partial charge in [-0.1, -0.05) is 11.6 Å². The van der Waals surface area contributed by atoms with Crippen molar-refractivity contribution in [3.63, 3.8) is 0 Å². The van der Waals surface area contributed by atoms with Gasteiger partial charge in [0.05, 0.1) is 13.3 Å². The fraction of sp³-hybridized carbons (Fsp3) is 0.476. The second kappa shape index (κ2) is 8.41. The highest BCUT2D eigenvalue weighted by Gasteiger charge is 2.29. The Hall–Kier alpha value is -2.27. The lowest BCUT2D eigenvalue weighted by Gasteiger charge is -2.22. The summed E-state index contributed by atoms with van der Waals surface area (Å²) in [5.74, 6) is 1.58. The van der Waals surface area contributed by atoms with Crippen LogP contribution in [0, 0.1) is 0 Å². The third-order valence-electron chi connectivity index (χ3n) is 4.55. The van der Waals surface area contributed by atoms with Crippen molar-refractivity contribution < 1.29 is 9.47 Å². The number of hydrogen-bond acceptors (Lipinski definition) is 4. The van der Waals surface area contributed by atoms with Gasteiger partial charge in [-0.2, -0.15) is 5.10 Å². The van der Waals surface area contributed by atoms with Gasteiger partial charge in [0.25, 0.3) is 0 Å². The summed E-state index contributed by atoms with van der Waals surface area (Å²) in [5.41, 5.74) is 3.75. The molecule has 0 unspecified atom stereocenters. The Bertz CT molecular complexity index is 758. The van der Waals surface area contributed by atoms with E-state index in [0.717, 1.165) is 24.6 Å². The molecule has 5 heteroatoms. The number of ether oxygens (including phenoxy) is 2. The maximum atomic E-state index is 5.83. The van der Waals surface area contributed by atoms with Gasteiger partial charge in [-0.3, -0.25) is 9.58 Å². The molecule has 140 valence electrons. The van der Waals surface area contributed by atoms with E-state index in [9.17, 15) is 0 Å². The summed E-state index contributed by atoms with van der Waals surface area (Å²) >= 11 is 0. The molecule has 2 aromatic rings. The van der Waals surface area contributed by atoms with Crippen molar-refractivity contribution in [2.24, 2.45) is 7.05 Å². The Morgan fingerprint density at radius 2 is 2.00 bits per heavy atom. The Morgan fingerprint density at radius 1 is 1.23 bits per heavy atom. The molecule has 1 fully saturated rings. The Kier molecular flexibility index (Phi) is 5.99. The summed E-state index contributed by atoms with van der Waals surface area (Å²) in [6.07, 6.45) is 8.67. The van der Waals surface area contributed by atoms with Crippen LogP contribution in [0.25, 0.3) is 0 Å². The largest absolute Gasteiger partial charge is 0.493 e. The molecule has 0 bridgehead atoms. The van der Waals surface area contributed by atoms with Crippen LogP contribution in [0.4, 0.5) is 0 Å². The second-order valence-corrected chi connectivity index (χ2v) is 7.24. The summed E-state index contributed by atoms with van der Waals surface area (Å²) in [7, 11) is 3.66. The first-order valence-corrected chi connectivity index (χ1v) is 9.20. The molecule has 0 N–H and O–H groups in total. The number of allylic oxidation sites excluding steroid dienone is 1. The summed E-state index contributed by atoms with van der Waals surface area (Å²) in [6.45, 7) is 6.54. The smallest absolute Gasteiger partial charge is 0.161 e. The SMILES string of the molecule is COc1cc(CN(Cc2cnn(C)c2)C2CC2)ccc1OCC=C(C)C. The van der Waals surface area contributed by atoms with Crippen LogP contribution in [0.15, 0.2) is 42.2 Å². The highest BCUT2D eigenvalue weighted by molar-refractivity contribution is 5.43. The van der Waals surface area contributed by atoms with Crippen LogP contribution in [0.3, 0.4) is 0 Å². The fourth-order valence-electron chi connectivity index (χ4n) is 3.00. The van der Waals surface area contributed by atoms with Crippen LogP contribution in [-0.4, -0.2) is 34.4 Å². The average Bonchev–Trinajstić information content (AvgIpc) is 3.38. The highest BCUT2D eigenvalue weighted by Crippen LogP contribution is 2.32. The van der Waals surface area contributed by atoms with Crippen LogP contribution < -0.4 is 9.47 Å². The van der Waals surface area contributed by atoms with Crippen LogP contribution in [-0.2, 0) is 20.1 Å². The molecule has 0 atom stereocenters. The molecule has 0 spiro atoms. The molecule has 0 amide bonds. The molecular weight excluding hydrogens is 326 g/mol. The lowest BCUT2D eigenvalue weighted by molar-refractivity contribution is 0.245. The van der Waals surface area contributed by atoms with Crippen LogP contribution >= 0.6 is 0 Å². The first-order chi connectivity index (χ1) is 12.5. The van der Waals surface area contributed by atoms with E-state index in [1.165, 1.54) is 29.5 Å². The van der Waals surface area contributed by atoms with Gasteiger partial charge < -0.3 is 9.47 Å². The van der Waals surface area contributed by atoms with E-state index >= 15 is 0 Å². The van der Waals surface area contributed by atoms with Gasteiger partial charge in [-0.25, -0.2) is 0 Å². The molecule has 0 aliphatic heterocycles. The predicted octanol–water partition coefficient (Wildman–Crippen LogP) is 3.94. The van der Waals surface area contributed by atoms with Gasteiger partial charge in [0, 0.05) is 37.9 Å². The minimum absolute atomic E-state index is 0.563. The van der Waals surface area contributed by atoms with Crippen molar-refractivity contribution in [1.82, 2.24) is 14.7 Å². The zero-order valence-electron chi connectivity index (χ0n) is 16.2. The van der Waals surface area contributed by atoms with E-state index in [1.807, 2.05) is 24.0 Å². The zero-order valence-corrected chi connectivity index (χ0v) is 16.2. The van der Waals surface area contributed by atoms with Crippen molar-refractivity contribution >= 4 is 0 Å². The Morgan fingerprint density at radius 3 is 2.62 bits per heavy atom. The van der Waals surface area contributed by atoms with Gasteiger partial charge in [0.1, 0.15) is 6.61 Å².